The number of carbonyl (C=O) groups is 2. The number of nitro groups is 1. The van der Waals surface area contributed by atoms with Gasteiger partial charge in [0.15, 0.2) is 18.5 Å². The van der Waals surface area contributed by atoms with E-state index in [0.29, 0.717) is 11.1 Å². The molecule has 0 saturated heterocycles. The van der Waals surface area contributed by atoms with Crippen LogP contribution in [0.4, 0.5) is 5.69 Å². The van der Waals surface area contributed by atoms with Crippen molar-refractivity contribution in [2.45, 2.75) is 20.0 Å². The Kier molecular flexibility index (Phi) is 6.77. The number of aryl methyl sites for hydroxylation is 2. The molecule has 3 rings (SSSR count). The molecule has 0 heterocycles. The number of hydrogen-bond acceptors (Lipinski definition) is 6. The summed E-state index contributed by atoms with van der Waals surface area (Å²) >= 11 is 0. The van der Waals surface area contributed by atoms with Crippen molar-refractivity contribution in [3.63, 3.8) is 0 Å². The number of esters is 1. The first-order chi connectivity index (χ1) is 14.8. The van der Waals surface area contributed by atoms with Gasteiger partial charge in [0, 0.05) is 17.2 Å². The Morgan fingerprint density at radius 1 is 0.903 bits per heavy atom. The van der Waals surface area contributed by atoms with Gasteiger partial charge in [-0.25, -0.2) is 4.79 Å². The summed E-state index contributed by atoms with van der Waals surface area (Å²) < 4.78 is 10.8. The van der Waals surface area contributed by atoms with E-state index in [1.165, 1.54) is 18.2 Å². The third kappa shape index (κ3) is 5.54. The Morgan fingerprint density at radius 2 is 1.48 bits per heavy atom. The zero-order valence-corrected chi connectivity index (χ0v) is 17.1. The number of carbonyl (C=O) groups excluding carboxylic acids is 2. The summed E-state index contributed by atoms with van der Waals surface area (Å²) in [6.45, 7) is 3.24. The second-order valence-electron chi connectivity index (χ2n) is 7.02. The molecule has 7 heteroatoms. The van der Waals surface area contributed by atoms with Crippen molar-refractivity contribution in [3.05, 3.63) is 105 Å². The van der Waals surface area contributed by atoms with Crippen molar-refractivity contribution < 1.29 is 24.0 Å². The summed E-state index contributed by atoms with van der Waals surface area (Å²) in [5.41, 5.74) is 2.66. The lowest BCUT2D eigenvalue weighted by atomic mass is 9.98. The van der Waals surface area contributed by atoms with E-state index in [9.17, 15) is 19.7 Å². The fourth-order valence-corrected chi connectivity index (χ4v) is 2.92. The zero-order chi connectivity index (χ0) is 22.4. The molecule has 0 saturated carbocycles. The predicted molar refractivity (Wildman–Crippen MR) is 114 cm³/mol. The maximum atomic E-state index is 13.1. The van der Waals surface area contributed by atoms with Crippen molar-refractivity contribution >= 4 is 17.4 Å². The minimum Gasteiger partial charge on any atom is -0.475 e. The summed E-state index contributed by atoms with van der Waals surface area (Å²) in [7, 11) is 0. The molecule has 158 valence electrons. The van der Waals surface area contributed by atoms with Crippen molar-refractivity contribution in [3.8, 4) is 5.75 Å². The Labute approximate surface area is 179 Å². The lowest BCUT2D eigenvalue weighted by Gasteiger charge is -2.18. The maximum Gasteiger partial charge on any atom is 0.345 e. The van der Waals surface area contributed by atoms with E-state index in [4.69, 9.17) is 9.47 Å². The number of Topliss-reactive ketones (excluding diaryl/α,β-unsaturated/α-hetero) is 1. The van der Waals surface area contributed by atoms with Gasteiger partial charge in [0.2, 0.25) is 5.78 Å². The zero-order valence-electron chi connectivity index (χ0n) is 17.1. The number of rotatable bonds is 8. The molecule has 1 atom stereocenters. The number of ketones is 1. The normalized spacial score (nSPS) is 11.4. The quantitative estimate of drug-likeness (QED) is 0.226. The second-order valence-corrected chi connectivity index (χ2v) is 7.02. The first-order valence-electron chi connectivity index (χ1n) is 9.58. The van der Waals surface area contributed by atoms with Gasteiger partial charge in [-0.3, -0.25) is 14.9 Å². The summed E-state index contributed by atoms with van der Waals surface area (Å²) in [5, 5.41) is 11.1. The molecule has 0 aliphatic carbocycles. The number of nitro benzene ring substituents is 1. The molecule has 7 nitrogen and oxygen atoms in total. The van der Waals surface area contributed by atoms with Crippen LogP contribution in [0.15, 0.2) is 72.8 Å². The van der Waals surface area contributed by atoms with Crippen molar-refractivity contribution in [2.75, 3.05) is 6.61 Å². The number of ether oxygens (including phenoxy) is 2. The summed E-state index contributed by atoms with van der Waals surface area (Å²) in [6, 6.07) is 19.8. The largest absolute Gasteiger partial charge is 0.475 e. The van der Waals surface area contributed by atoms with Crippen LogP contribution in [-0.2, 0) is 9.53 Å². The van der Waals surface area contributed by atoms with Crippen LogP contribution < -0.4 is 4.74 Å². The van der Waals surface area contributed by atoms with Crippen LogP contribution in [0.1, 0.15) is 33.2 Å². The monoisotopic (exact) mass is 419 g/mol. The van der Waals surface area contributed by atoms with Gasteiger partial charge in [-0.05, 0) is 19.9 Å². The molecule has 0 spiro atoms. The van der Waals surface area contributed by atoms with E-state index >= 15 is 0 Å². The minimum atomic E-state index is -1.16. The first kappa shape index (κ1) is 21.7. The molecule has 0 aliphatic heterocycles. The molecule has 1 unspecified atom stereocenters. The highest BCUT2D eigenvalue weighted by molar-refractivity contribution is 6.01. The molecular formula is C24H21NO6. The molecule has 0 fully saturated rings. The van der Waals surface area contributed by atoms with Gasteiger partial charge in [-0.2, -0.15) is 0 Å². The van der Waals surface area contributed by atoms with E-state index in [1.54, 1.807) is 42.5 Å². The Hall–Kier alpha value is -4.00. The van der Waals surface area contributed by atoms with Gasteiger partial charge in [0.1, 0.15) is 0 Å². The lowest BCUT2D eigenvalue weighted by Crippen LogP contribution is -2.24. The molecule has 0 amide bonds. The fraction of sp³-hybridized carbons (Fsp3) is 0.167. The van der Waals surface area contributed by atoms with Gasteiger partial charge in [0.25, 0.3) is 0 Å². The van der Waals surface area contributed by atoms with Crippen LogP contribution in [0.25, 0.3) is 0 Å². The highest BCUT2D eigenvalue weighted by atomic mass is 16.6. The van der Waals surface area contributed by atoms with Crippen LogP contribution in [0.5, 0.6) is 5.75 Å². The van der Waals surface area contributed by atoms with Crippen LogP contribution in [0.3, 0.4) is 0 Å². The fourth-order valence-electron chi connectivity index (χ4n) is 2.92. The van der Waals surface area contributed by atoms with Crippen molar-refractivity contribution in [1.29, 1.82) is 0 Å². The van der Waals surface area contributed by atoms with E-state index in [1.807, 2.05) is 26.0 Å². The Bertz CT molecular complexity index is 1090. The van der Waals surface area contributed by atoms with Crippen LogP contribution in [0.2, 0.25) is 0 Å². The van der Waals surface area contributed by atoms with Crippen LogP contribution in [0, 0.1) is 24.0 Å². The van der Waals surface area contributed by atoms with Gasteiger partial charge in [-0.15, -0.1) is 0 Å². The molecule has 31 heavy (non-hydrogen) atoms. The van der Waals surface area contributed by atoms with E-state index < -0.39 is 23.6 Å². The summed E-state index contributed by atoms with van der Waals surface area (Å²) in [5.74, 6) is -1.24. The average molecular weight is 419 g/mol. The molecule has 0 aromatic heterocycles. The molecule has 0 radical (unpaired) electrons. The lowest BCUT2D eigenvalue weighted by molar-refractivity contribution is -0.385. The highest BCUT2D eigenvalue weighted by Crippen LogP contribution is 2.27. The molecule has 0 bridgehead atoms. The summed E-state index contributed by atoms with van der Waals surface area (Å²) in [6.07, 6.45) is -1.16. The highest BCUT2D eigenvalue weighted by Gasteiger charge is 2.27. The molecule has 3 aromatic rings. The van der Waals surface area contributed by atoms with Gasteiger partial charge >= 0.3 is 11.7 Å². The van der Waals surface area contributed by atoms with E-state index in [-0.39, 0.29) is 17.2 Å². The first-order valence-corrected chi connectivity index (χ1v) is 9.58. The third-order valence-electron chi connectivity index (χ3n) is 4.61. The minimum absolute atomic E-state index is 0.0544. The third-order valence-corrected chi connectivity index (χ3v) is 4.61. The molecule has 0 N–H and O–H groups in total. The molecular weight excluding hydrogens is 398 g/mol. The second kappa shape index (κ2) is 9.67. The SMILES string of the molecule is Cc1ccc(C(=O)C(OC(=O)COc2ccccc2[N+](=O)[O-])c2ccc(C)cc2)cc1. The molecule has 0 aliphatic rings. The van der Waals surface area contributed by atoms with Crippen molar-refractivity contribution in [1.82, 2.24) is 0 Å². The summed E-state index contributed by atoms with van der Waals surface area (Å²) in [4.78, 5) is 36.0. The Balaban J connectivity index is 1.79. The predicted octanol–water partition coefficient (Wildman–Crippen LogP) is 4.76. The standard InChI is InChI=1S/C24H21NO6/c1-16-7-11-18(12-8-16)23(27)24(19-13-9-17(2)10-14-19)31-22(26)15-30-21-6-4-3-5-20(21)25(28)29/h3-14,24H,15H2,1-2H3. The van der Waals surface area contributed by atoms with E-state index in [2.05, 4.69) is 0 Å². The van der Waals surface area contributed by atoms with Crippen LogP contribution in [-0.4, -0.2) is 23.3 Å². The van der Waals surface area contributed by atoms with Gasteiger partial charge < -0.3 is 9.47 Å². The van der Waals surface area contributed by atoms with E-state index in [0.717, 1.165) is 11.1 Å². The number of nitrogens with zero attached hydrogens (tertiary/aromatic N) is 1. The van der Waals surface area contributed by atoms with Gasteiger partial charge in [0.05, 0.1) is 4.92 Å². The number of hydrogen-bond donors (Lipinski definition) is 0. The number of para-hydroxylation sites is 2. The molecule has 3 aromatic carbocycles. The maximum absolute atomic E-state index is 13.1. The smallest absolute Gasteiger partial charge is 0.345 e. The van der Waals surface area contributed by atoms with Gasteiger partial charge in [-0.1, -0.05) is 71.8 Å². The van der Waals surface area contributed by atoms with Crippen LogP contribution >= 0.6 is 0 Å². The topological polar surface area (TPSA) is 95.7 Å². The average Bonchev–Trinajstić information content (AvgIpc) is 2.77. The Morgan fingerprint density at radius 3 is 2.10 bits per heavy atom. The van der Waals surface area contributed by atoms with Crippen molar-refractivity contribution in [2.24, 2.45) is 0 Å². The number of benzene rings is 3.